The van der Waals surface area contributed by atoms with Gasteiger partial charge in [-0.3, -0.25) is 4.79 Å². The van der Waals surface area contributed by atoms with Gasteiger partial charge < -0.3 is 10.4 Å². The van der Waals surface area contributed by atoms with Crippen molar-refractivity contribution >= 4 is 28.9 Å². The summed E-state index contributed by atoms with van der Waals surface area (Å²) in [5.41, 5.74) is 0.402. The van der Waals surface area contributed by atoms with Gasteiger partial charge in [0.15, 0.2) is 0 Å². The third kappa shape index (κ3) is 3.66. The van der Waals surface area contributed by atoms with Crippen molar-refractivity contribution in [2.45, 2.75) is 32.6 Å². The Morgan fingerprint density at radius 1 is 1.44 bits per heavy atom. The summed E-state index contributed by atoms with van der Waals surface area (Å²) in [5, 5.41) is 13.1. The van der Waals surface area contributed by atoms with Crippen LogP contribution in [0.3, 0.4) is 0 Å². The van der Waals surface area contributed by atoms with Crippen LogP contribution in [0, 0.1) is 0 Å². The molecule has 0 saturated carbocycles. The average molecular weight is 241 g/mol. The fraction of sp³-hybridized carbons (Fsp3) is 0.455. The van der Waals surface area contributed by atoms with Gasteiger partial charge in [-0.05, 0) is 17.9 Å². The van der Waals surface area contributed by atoms with Crippen LogP contribution in [0.4, 0.5) is 5.69 Å². The van der Waals surface area contributed by atoms with E-state index in [2.05, 4.69) is 12.2 Å². The summed E-state index contributed by atoms with van der Waals surface area (Å²) in [6.07, 6.45) is 3.37. The SMILES string of the molecule is CCCCCC(=O)Nc1ccsc1C(=O)O. The molecule has 1 heterocycles. The van der Waals surface area contributed by atoms with Gasteiger partial charge in [0.05, 0.1) is 5.69 Å². The number of anilines is 1. The van der Waals surface area contributed by atoms with E-state index in [4.69, 9.17) is 5.11 Å². The lowest BCUT2D eigenvalue weighted by Crippen LogP contribution is -2.12. The van der Waals surface area contributed by atoms with E-state index < -0.39 is 5.97 Å². The lowest BCUT2D eigenvalue weighted by atomic mass is 10.2. The third-order valence-corrected chi connectivity index (χ3v) is 3.04. The summed E-state index contributed by atoms with van der Waals surface area (Å²) in [6.45, 7) is 2.07. The fourth-order valence-electron chi connectivity index (χ4n) is 1.32. The predicted octanol–water partition coefficient (Wildman–Crippen LogP) is 2.97. The standard InChI is InChI=1S/C11H15NO3S/c1-2-3-4-5-9(13)12-8-6-7-16-10(8)11(14)15/h6-7H,2-5H2,1H3,(H,12,13)(H,14,15). The summed E-state index contributed by atoms with van der Waals surface area (Å²) in [7, 11) is 0. The first-order valence-corrected chi connectivity index (χ1v) is 6.13. The number of carboxylic acid groups (broad SMARTS) is 1. The van der Waals surface area contributed by atoms with Gasteiger partial charge in [0.1, 0.15) is 4.88 Å². The third-order valence-electron chi connectivity index (χ3n) is 2.14. The van der Waals surface area contributed by atoms with Crippen LogP contribution in [0.5, 0.6) is 0 Å². The van der Waals surface area contributed by atoms with Crippen molar-refractivity contribution in [1.29, 1.82) is 0 Å². The van der Waals surface area contributed by atoms with Crippen molar-refractivity contribution in [1.82, 2.24) is 0 Å². The molecule has 5 heteroatoms. The average Bonchev–Trinajstić information content (AvgIpc) is 2.66. The van der Waals surface area contributed by atoms with Crippen molar-refractivity contribution in [2.75, 3.05) is 5.32 Å². The summed E-state index contributed by atoms with van der Waals surface area (Å²) in [5.74, 6) is -1.12. The Kier molecular flexibility index (Phi) is 4.98. The minimum atomic E-state index is -1.00. The molecule has 0 aliphatic heterocycles. The zero-order chi connectivity index (χ0) is 12.0. The molecule has 1 amide bonds. The number of unbranched alkanes of at least 4 members (excludes halogenated alkanes) is 2. The van der Waals surface area contributed by atoms with Gasteiger partial charge in [0.2, 0.25) is 5.91 Å². The molecule has 1 rings (SSSR count). The van der Waals surface area contributed by atoms with E-state index in [0.29, 0.717) is 12.1 Å². The molecule has 0 radical (unpaired) electrons. The number of thiophene rings is 1. The van der Waals surface area contributed by atoms with E-state index in [1.807, 2.05) is 0 Å². The Labute approximate surface area is 98.3 Å². The zero-order valence-electron chi connectivity index (χ0n) is 9.16. The van der Waals surface area contributed by atoms with Crippen LogP contribution >= 0.6 is 11.3 Å². The molecule has 1 aromatic heterocycles. The fourth-order valence-corrected chi connectivity index (χ4v) is 2.01. The van der Waals surface area contributed by atoms with Gasteiger partial charge in [-0.15, -0.1) is 11.3 Å². The van der Waals surface area contributed by atoms with E-state index >= 15 is 0 Å². The molecule has 88 valence electrons. The first-order chi connectivity index (χ1) is 7.65. The maximum atomic E-state index is 11.5. The molecule has 0 aromatic carbocycles. The summed E-state index contributed by atoms with van der Waals surface area (Å²) in [4.78, 5) is 22.4. The first kappa shape index (κ1) is 12.7. The summed E-state index contributed by atoms with van der Waals surface area (Å²) < 4.78 is 0. The number of carboxylic acids is 1. The number of carbonyl (C=O) groups is 2. The maximum absolute atomic E-state index is 11.5. The second kappa shape index (κ2) is 6.27. The maximum Gasteiger partial charge on any atom is 0.348 e. The van der Waals surface area contributed by atoms with Crippen LogP contribution in [-0.4, -0.2) is 17.0 Å². The predicted molar refractivity (Wildman–Crippen MR) is 64.1 cm³/mol. The number of rotatable bonds is 6. The lowest BCUT2D eigenvalue weighted by Gasteiger charge is -2.03. The number of amides is 1. The highest BCUT2D eigenvalue weighted by molar-refractivity contribution is 7.12. The molecule has 4 nitrogen and oxygen atoms in total. The molecule has 0 fully saturated rings. The summed E-state index contributed by atoms with van der Waals surface area (Å²) >= 11 is 1.11. The number of carbonyl (C=O) groups excluding carboxylic acids is 1. The van der Waals surface area contributed by atoms with E-state index in [-0.39, 0.29) is 10.8 Å². The smallest absolute Gasteiger partial charge is 0.348 e. The van der Waals surface area contributed by atoms with Gasteiger partial charge >= 0.3 is 5.97 Å². The molecule has 16 heavy (non-hydrogen) atoms. The van der Waals surface area contributed by atoms with Crippen molar-refractivity contribution in [2.24, 2.45) is 0 Å². The van der Waals surface area contributed by atoms with Gasteiger partial charge in [0.25, 0.3) is 0 Å². The Morgan fingerprint density at radius 2 is 2.19 bits per heavy atom. The van der Waals surface area contributed by atoms with E-state index in [1.54, 1.807) is 11.4 Å². The molecular formula is C11H15NO3S. The molecule has 2 N–H and O–H groups in total. The van der Waals surface area contributed by atoms with Gasteiger partial charge in [0, 0.05) is 6.42 Å². The minimum Gasteiger partial charge on any atom is -0.477 e. The molecule has 0 aliphatic carbocycles. The zero-order valence-corrected chi connectivity index (χ0v) is 9.97. The molecule has 0 unspecified atom stereocenters. The Morgan fingerprint density at radius 3 is 2.81 bits per heavy atom. The largest absolute Gasteiger partial charge is 0.477 e. The van der Waals surface area contributed by atoms with Crippen LogP contribution in [0.1, 0.15) is 42.3 Å². The van der Waals surface area contributed by atoms with Crippen molar-refractivity contribution in [3.8, 4) is 0 Å². The quantitative estimate of drug-likeness (QED) is 0.752. The van der Waals surface area contributed by atoms with Crippen LogP contribution in [0.15, 0.2) is 11.4 Å². The summed E-state index contributed by atoms with van der Waals surface area (Å²) in [6, 6.07) is 1.62. The molecule has 0 bridgehead atoms. The highest BCUT2D eigenvalue weighted by Crippen LogP contribution is 2.22. The molecule has 0 aliphatic rings. The van der Waals surface area contributed by atoms with Crippen molar-refractivity contribution < 1.29 is 14.7 Å². The van der Waals surface area contributed by atoms with E-state index in [1.165, 1.54) is 0 Å². The first-order valence-electron chi connectivity index (χ1n) is 5.25. The monoisotopic (exact) mass is 241 g/mol. The topological polar surface area (TPSA) is 66.4 Å². The Balaban J connectivity index is 2.49. The number of nitrogens with one attached hydrogen (secondary N) is 1. The number of hydrogen-bond acceptors (Lipinski definition) is 3. The van der Waals surface area contributed by atoms with Crippen LogP contribution in [0.25, 0.3) is 0 Å². The van der Waals surface area contributed by atoms with Crippen molar-refractivity contribution in [3.05, 3.63) is 16.3 Å². The van der Waals surface area contributed by atoms with Crippen LogP contribution in [0.2, 0.25) is 0 Å². The number of aromatic carboxylic acids is 1. The molecule has 0 spiro atoms. The second-order valence-corrected chi connectivity index (χ2v) is 4.39. The van der Waals surface area contributed by atoms with Gasteiger partial charge in [-0.1, -0.05) is 19.8 Å². The normalized spacial score (nSPS) is 10.1. The van der Waals surface area contributed by atoms with Crippen molar-refractivity contribution in [3.63, 3.8) is 0 Å². The Hall–Kier alpha value is -1.36. The van der Waals surface area contributed by atoms with Crippen LogP contribution in [-0.2, 0) is 4.79 Å². The highest BCUT2D eigenvalue weighted by Gasteiger charge is 2.13. The van der Waals surface area contributed by atoms with Gasteiger partial charge in [-0.2, -0.15) is 0 Å². The molecule has 0 atom stereocenters. The van der Waals surface area contributed by atoms with Crippen LogP contribution < -0.4 is 5.32 Å². The Bertz CT molecular complexity index is 373. The second-order valence-electron chi connectivity index (χ2n) is 3.47. The van der Waals surface area contributed by atoms with E-state index in [0.717, 1.165) is 30.6 Å². The highest BCUT2D eigenvalue weighted by atomic mass is 32.1. The lowest BCUT2D eigenvalue weighted by molar-refractivity contribution is -0.116. The molecule has 1 aromatic rings. The van der Waals surface area contributed by atoms with Gasteiger partial charge in [-0.25, -0.2) is 4.79 Å². The number of hydrogen-bond donors (Lipinski definition) is 2. The molecular weight excluding hydrogens is 226 g/mol. The minimum absolute atomic E-state index is 0.116. The van der Waals surface area contributed by atoms with E-state index in [9.17, 15) is 9.59 Å². The molecule has 0 saturated heterocycles.